The molecule has 1 amide bonds. The minimum atomic E-state index is 0.106. The Balaban J connectivity index is 1.75. The van der Waals surface area contributed by atoms with Gasteiger partial charge in [0.05, 0.1) is 21.8 Å². The van der Waals surface area contributed by atoms with Crippen molar-refractivity contribution in [1.29, 1.82) is 0 Å². The van der Waals surface area contributed by atoms with E-state index in [4.69, 9.17) is 11.6 Å². The number of rotatable bonds is 1. The van der Waals surface area contributed by atoms with E-state index in [0.717, 1.165) is 46.1 Å². The molecule has 4 rings (SSSR count). The SMILES string of the molecule is Cc1nc(C)c(C(=O)N2[C@@H]3CC[C@@H]2c2cc(Cl)cnc2C3)s1. The molecular weight excluding hydrogens is 318 g/mol. The molecule has 0 saturated carbocycles. The highest BCUT2D eigenvalue weighted by molar-refractivity contribution is 7.13. The lowest BCUT2D eigenvalue weighted by Gasteiger charge is -2.35. The van der Waals surface area contributed by atoms with E-state index in [1.807, 2.05) is 24.8 Å². The predicted molar refractivity (Wildman–Crippen MR) is 86.5 cm³/mol. The number of amides is 1. The molecule has 0 aliphatic carbocycles. The molecule has 2 bridgehead atoms. The molecule has 0 spiro atoms. The molecule has 2 aromatic heterocycles. The molecule has 0 unspecified atom stereocenters. The minimum absolute atomic E-state index is 0.106. The van der Waals surface area contributed by atoms with Gasteiger partial charge in [0.1, 0.15) is 4.88 Å². The van der Waals surface area contributed by atoms with Crippen molar-refractivity contribution in [1.82, 2.24) is 14.9 Å². The summed E-state index contributed by atoms with van der Waals surface area (Å²) in [6.07, 6.45) is 4.54. The number of aryl methyl sites for hydroxylation is 2. The number of thiazole rings is 1. The zero-order valence-electron chi connectivity index (χ0n) is 12.5. The number of carbonyl (C=O) groups is 1. The normalized spacial score (nSPS) is 22.8. The van der Waals surface area contributed by atoms with Crippen LogP contribution in [0.4, 0.5) is 0 Å². The van der Waals surface area contributed by atoms with Crippen LogP contribution >= 0.6 is 22.9 Å². The number of hydrogen-bond acceptors (Lipinski definition) is 4. The van der Waals surface area contributed by atoms with Crippen molar-refractivity contribution in [2.24, 2.45) is 0 Å². The quantitative estimate of drug-likeness (QED) is 0.799. The van der Waals surface area contributed by atoms with Gasteiger partial charge in [0.25, 0.3) is 5.91 Å². The molecule has 2 aliphatic heterocycles. The summed E-state index contributed by atoms with van der Waals surface area (Å²) in [6.45, 7) is 3.85. The first-order valence-corrected chi connectivity index (χ1v) is 8.65. The number of aromatic nitrogens is 2. The van der Waals surface area contributed by atoms with E-state index in [2.05, 4.69) is 9.97 Å². The van der Waals surface area contributed by atoms with Crippen LogP contribution in [0.2, 0.25) is 5.02 Å². The number of halogens is 1. The van der Waals surface area contributed by atoms with Crippen molar-refractivity contribution in [2.45, 2.75) is 45.2 Å². The Morgan fingerprint density at radius 1 is 1.41 bits per heavy atom. The molecule has 22 heavy (non-hydrogen) atoms. The fraction of sp³-hybridized carbons (Fsp3) is 0.438. The zero-order valence-corrected chi connectivity index (χ0v) is 14.0. The van der Waals surface area contributed by atoms with Crippen molar-refractivity contribution < 1.29 is 4.79 Å². The van der Waals surface area contributed by atoms with Gasteiger partial charge in [-0.2, -0.15) is 0 Å². The molecule has 6 heteroatoms. The van der Waals surface area contributed by atoms with Gasteiger partial charge < -0.3 is 4.90 Å². The van der Waals surface area contributed by atoms with Crippen LogP contribution in [0.15, 0.2) is 12.3 Å². The highest BCUT2D eigenvalue weighted by Crippen LogP contribution is 2.44. The van der Waals surface area contributed by atoms with Crippen LogP contribution in [-0.2, 0) is 6.42 Å². The zero-order chi connectivity index (χ0) is 15.4. The molecule has 0 N–H and O–H groups in total. The molecule has 0 aromatic carbocycles. The molecule has 114 valence electrons. The smallest absolute Gasteiger partial charge is 0.266 e. The minimum Gasteiger partial charge on any atom is -0.327 e. The molecule has 2 atom stereocenters. The van der Waals surface area contributed by atoms with Crippen LogP contribution < -0.4 is 0 Å². The first-order valence-electron chi connectivity index (χ1n) is 7.45. The van der Waals surface area contributed by atoms with Crippen LogP contribution in [0.1, 0.15) is 50.5 Å². The standard InChI is InChI=1S/C16H16ClN3OS/c1-8-15(22-9(2)19-8)16(21)20-11-3-4-14(20)12-5-10(17)7-18-13(12)6-11/h5,7,11,14H,3-4,6H2,1-2H3/t11-,14-/m1/s1. The Morgan fingerprint density at radius 2 is 2.23 bits per heavy atom. The first-order chi connectivity index (χ1) is 10.5. The van der Waals surface area contributed by atoms with E-state index in [9.17, 15) is 4.79 Å². The highest BCUT2D eigenvalue weighted by atomic mass is 35.5. The summed E-state index contributed by atoms with van der Waals surface area (Å²) in [5.41, 5.74) is 3.05. The van der Waals surface area contributed by atoms with E-state index >= 15 is 0 Å². The molecule has 2 aliphatic rings. The average Bonchev–Trinajstić information content (AvgIpc) is 2.98. The molecule has 1 fully saturated rings. The third-order valence-electron chi connectivity index (χ3n) is 4.59. The summed E-state index contributed by atoms with van der Waals surface area (Å²) in [7, 11) is 0. The van der Waals surface area contributed by atoms with Crippen molar-refractivity contribution in [3.05, 3.63) is 44.1 Å². The summed E-state index contributed by atoms with van der Waals surface area (Å²) >= 11 is 7.60. The second kappa shape index (κ2) is 5.03. The summed E-state index contributed by atoms with van der Waals surface area (Å²) in [5.74, 6) is 0.112. The van der Waals surface area contributed by atoms with Crippen molar-refractivity contribution >= 4 is 28.8 Å². The number of fused-ring (bicyclic) bond motifs is 4. The Morgan fingerprint density at radius 3 is 2.95 bits per heavy atom. The van der Waals surface area contributed by atoms with Crippen LogP contribution in [-0.4, -0.2) is 26.8 Å². The maximum atomic E-state index is 13.0. The fourth-order valence-corrected chi connectivity index (χ4v) is 4.74. The van der Waals surface area contributed by atoms with Gasteiger partial charge in [0.15, 0.2) is 0 Å². The second-order valence-corrected chi connectivity index (χ2v) is 7.64. The van der Waals surface area contributed by atoms with Gasteiger partial charge >= 0.3 is 0 Å². The van der Waals surface area contributed by atoms with Crippen molar-refractivity contribution in [3.63, 3.8) is 0 Å². The van der Waals surface area contributed by atoms with E-state index in [0.29, 0.717) is 5.02 Å². The predicted octanol–water partition coefficient (Wildman–Crippen LogP) is 3.71. The van der Waals surface area contributed by atoms with Gasteiger partial charge in [-0.3, -0.25) is 9.78 Å². The Kier molecular flexibility index (Phi) is 3.24. The molecule has 4 heterocycles. The lowest BCUT2D eigenvalue weighted by molar-refractivity contribution is 0.0648. The lowest BCUT2D eigenvalue weighted by atomic mass is 9.97. The van der Waals surface area contributed by atoms with Gasteiger partial charge in [0.2, 0.25) is 0 Å². The van der Waals surface area contributed by atoms with Gasteiger partial charge in [0, 0.05) is 24.4 Å². The summed E-state index contributed by atoms with van der Waals surface area (Å²) < 4.78 is 0. The Labute approximate surface area is 138 Å². The third-order valence-corrected chi connectivity index (χ3v) is 5.86. The van der Waals surface area contributed by atoms with E-state index in [1.165, 1.54) is 11.3 Å². The van der Waals surface area contributed by atoms with E-state index in [1.54, 1.807) is 6.20 Å². The average molecular weight is 334 g/mol. The summed E-state index contributed by atoms with van der Waals surface area (Å²) in [6, 6.07) is 2.33. The van der Waals surface area contributed by atoms with Gasteiger partial charge in [-0.1, -0.05) is 11.6 Å². The van der Waals surface area contributed by atoms with E-state index < -0.39 is 0 Å². The summed E-state index contributed by atoms with van der Waals surface area (Å²) in [5, 5.41) is 1.58. The topological polar surface area (TPSA) is 46.1 Å². The van der Waals surface area contributed by atoms with Crippen LogP contribution in [0.5, 0.6) is 0 Å². The third kappa shape index (κ3) is 2.07. The molecule has 0 radical (unpaired) electrons. The van der Waals surface area contributed by atoms with E-state index in [-0.39, 0.29) is 18.0 Å². The van der Waals surface area contributed by atoms with Gasteiger partial charge in [-0.15, -0.1) is 11.3 Å². The molecule has 2 aromatic rings. The largest absolute Gasteiger partial charge is 0.327 e. The first kappa shape index (κ1) is 14.2. The van der Waals surface area contributed by atoms with Crippen LogP contribution in [0.25, 0.3) is 0 Å². The fourth-order valence-electron chi connectivity index (χ4n) is 3.71. The molecular formula is C16H16ClN3OS. The highest BCUT2D eigenvalue weighted by Gasteiger charge is 2.44. The van der Waals surface area contributed by atoms with Crippen LogP contribution in [0, 0.1) is 13.8 Å². The molecule has 1 saturated heterocycles. The summed E-state index contributed by atoms with van der Waals surface area (Å²) in [4.78, 5) is 24.7. The lowest BCUT2D eigenvalue weighted by Crippen LogP contribution is -2.42. The number of hydrogen-bond donors (Lipinski definition) is 0. The maximum absolute atomic E-state index is 13.0. The molecule has 4 nitrogen and oxygen atoms in total. The number of pyridine rings is 1. The number of carbonyl (C=O) groups excluding carboxylic acids is 1. The second-order valence-electron chi connectivity index (χ2n) is 6.00. The van der Waals surface area contributed by atoms with Crippen LogP contribution in [0.3, 0.4) is 0 Å². The Bertz CT molecular complexity index is 773. The van der Waals surface area contributed by atoms with Crippen molar-refractivity contribution in [2.75, 3.05) is 0 Å². The van der Waals surface area contributed by atoms with Gasteiger partial charge in [-0.05, 0) is 38.3 Å². The number of nitrogens with zero attached hydrogens (tertiary/aromatic N) is 3. The Hall–Kier alpha value is -1.46. The van der Waals surface area contributed by atoms with Gasteiger partial charge in [-0.25, -0.2) is 4.98 Å². The monoisotopic (exact) mass is 333 g/mol. The maximum Gasteiger partial charge on any atom is 0.266 e. The van der Waals surface area contributed by atoms with Crippen molar-refractivity contribution in [3.8, 4) is 0 Å².